The van der Waals surface area contributed by atoms with Gasteiger partial charge in [-0.1, -0.05) is 13.0 Å². The van der Waals surface area contributed by atoms with E-state index in [-0.39, 0.29) is 12.3 Å². The van der Waals surface area contributed by atoms with Crippen molar-refractivity contribution in [2.24, 2.45) is 0 Å². The molecule has 0 fully saturated rings. The van der Waals surface area contributed by atoms with Gasteiger partial charge in [0.25, 0.3) is 5.69 Å². The Kier molecular flexibility index (Phi) is 5.03. The Labute approximate surface area is 122 Å². The number of hydrogen-bond donors (Lipinski definition) is 1. The van der Waals surface area contributed by atoms with Crippen molar-refractivity contribution >= 4 is 11.5 Å². The molecule has 0 aliphatic carbocycles. The quantitative estimate of drug-likeness (QED) is 0.622. The molecule has 0 saturated heterocycles. The summed E-state index contributed by atoms with van der Waals surface area (Å²) < 4.78 is 5.48. The van der Waals surface area contributed by atoms with Gasteiger partial charge >= 0.3 is 0 Å². The molecule has 0 spiro atoms. The van der Waals surface area contributed by atoms with Gasteiger partial charge in [-0.3, -0.25) is 15.1 Å². The number of nitrogens with one attached hydrogen (secondary N) is 1. The first-order valence-corrected chi connectivity index (χ1v) is 6.61. The summed E-state index contributed by atoms with van der Waals surface area (Å²) in [6.45, 7) is 3.13. The molecule has 0 bridgehead atoms. The van der Waals surface area contributed by atoms with Gasteiger partial charge in [-0.25, -0.2) is 4.98 Å². The number of aromatic nitrogens is 2. The minimum atomic E-state index is -0.457. The van der Waals surface area contributed by atoms with Crippen molar-refractivity contribution in [3.05, 3.63) is 52.5 Å². The van der Waals surface area contributed by atoms with Gasteiger partial charge in [0.1, 0.15) is 18.2 Å². The van der Waals surface area contributed by atoms with E-state index in [1.807, 2.05) is 0 Å². The van der Waals surface area contributed by atoms with Crippen molar-refractivity contribution in [2.75, 3.05) is 11.9 Å². The van der Waals surface area contributed by atoms with Gasteiger partial charge in [-0.05, 0) is 12.5 Å². The molecule has 0 saturated carbocycles. The maximum atomic E-state index is 10.7. The molecule has 7 nitrogen and oxygen atoms in total. The first-order valence-electron chi connectivity index (χ1n) is 6.61. The number of ether oxygens (including phenoxy) is 1. The molecule has 0 atom stereocenters. The predicted molar refractivity (Wildman–Crippen MR) is 78.2 cm³/mol. The van der Waals surface area contributed by atoms with Gasteiger partial charge in [-0.15, -0.1) is 0 Å². The summed E-state index contributed by atoms with van der Waals surface area (Å²) >= 11 is 0. The third-order valence-corrected chi connectivity index (χ3v) is 2.68. The minimum absolute atomic E-state index is 0.00213. The largest absolute Gasteiger partial charge is 0.487 e. The van der Waals surface area contributed by atoms with Crippen LogP contribution in [0.1, 0.15) is 19.0 Å². The zero-order valence-electron chi connectivity index (χ0n) is 11.7. The standard InChI is InChI=1S/C14H16N4O3/c1-2-6-15-14-9-16-11(8-17-14)10-21-13-5-3-4-12(7-13)18(19)20/h3-5,7-9H,2,6,10H2,1H3,(H,15,17). The lowest BCUT2D eigenvalue weighted by atomic mass is 10.3. The fourth-order valence-electron chi connectivity index (χ4n) is 1.62. The van der Waals surface area contributed by atoms with E-state index < -0.39 is 4.92 Å². The van der Waals surface area contributed by atoms with Crippen LogP contribution >= 0.6 is 0 Å². The third kappa shape index (κ3) is 4.41. The fraction of sp³-hybridized carbons (Fsp3) is 0.286. The van der Waals surface area contributed by atoms with Crippen LogP contribution in [0.2, 0.25) is 0 Å². The normalized spacial score (nSPS) is 10.1. The first-order chi connectivity index (χ1) is 10.2. The van der Waals surface area contributed by atoms with Gasteiger partial charge in [0, 0.05) is 12.6 Å². The lowest BCUT2D eigenvalue weighted by Crippen LogP contribution is -2.04. The van der Waals surface area contributed by atoms with E-state index >= 15 is 0 Å². The Morgan fingerprint density at radius 1 is 1.33 bits per heavy atom. The average Bonchev–Trinajstić information content (AvgIpc) is 2.52. The molecule has 1 heterocycles. The third-order valence-electron chi connectivity index (χ3n) is 2.68. The van der Waals surface area contributed by atoms with Crippen molar-refractivity contribution in [3.63, 3.8) is 0 Å². The molecule has 0 unspecified atom stereocenters. The van der Waals surface area contributed by atoms with E-state index in [2.05, 4.69) is 22.2 Å². The van der Waals surface area contributed by atoms with Crippen LogP contribution in [0, 0.1) is 10.1 Å². The molecular formula is C14H16N4O3. The minimum Gasteiger partial charge on any atom is -0.487 e. The molecule has 0 amide bonds. The van der Waals surface area contributed by atoms with Crippen LogP contribution in [0.5, 0.6) is 5.75 Å². The zero-order chi connectivity index (χ0) is 15.1. The zero-order valence-corrected chi connectivity index (χ0v) is 11.7. The second-order valence-corrected chi connectivity index (χ2v) is 4.36. The van der Waals surface area contributed by atoms with E-state index in [9.17, 15) is 10.1 Å². The Morgan fingerprint density at radius 2 is 2.19 bits per heavy atom. The van der Waals surface area contributed by atoms with Crippen LogP contribution in [-0.4, -0.2) is 21.4 Å². The summed E-state index contributed by atoms with van der Waals surface area (Å²) in [7, 11) is 0. The summed E-state index contributed by atoms with van der Waals surface area (Å²) in [5.41, 5.74) is 0.654. The monoisotopic (exact) mass is 288 g/mol. The van der Waals surface area contributed by atoms with Gasteiger partial charge in [0.2, 0.25) is 0 Å². The van der Waals surface area contributed by atoms with E-state index in [1.54, 1.807) is 24.5 Å². The Balaban J connectivity index is 1.93. The number of benzene rings is 1. The molecule has 2 aromatic rings. The lowest BCUT2D eigenvalue weighted by Gasteiger charge is -2.06. The molecule has 110 valence electrons. The molecule has 0 aliphatic rings. The second-order valence-electron chi connectivity index (χ2n) is 4.36. The SMILES string of the molecule is CCCNc1cnc(COc2cccc([N+](=O)[O-])c2)cn1. The average molecular weight is 288 g/mol. The van der Waals surface area contributed by atoms with Gasteiger partial charge in [0.05, 0.1) is 29.1 Å². The molecule has 7 heteroatoms. The molecule has 0 radical (unpaired) electrons. The molecule has 0 aliphatic heterocycles. The van der Waals surface area contributed by atoms with E-state index in [4.69, 9.17) is 4.74 Å². The summed E-state index contributed by atoms with van der Waals surface area (Å²) in [6, 6.07) is 6.04. The summed E-state index contributed by atoms with van der Waals surface area (Å²) in [6.07, 6.45) is 4.27. The molecular weight excluding hydrogens is 272 g/mol. The number of rotatable bonds is 7. The van der Waals surface area contributed by atoms with Crippen LogP contribution < -0.4 is 10.1 Å². The van der Waals surface area contributed by atoms with Gasteiger partial charge in [-0.2, -0.15) is 0 Å². The summed E-state index contributed by atoms with van der Waals surface area (Å²) in [5.74, 6) is 1.15. The predicted octanol–water partition coefficient (Wildman–Crippen LogP) is 2.79. The van der Waals surface area contributed by atoms with Crippen molar-refractivity contribution in [3.8, 4) is 5.75 Å². The van der Waals surface area contributed by atoms with Crippen LogP contribution in [0.15, 0.2) is 36.7 Å². The van der Waals surface area contributed by atoms with Crippen LogP contribution in [0.25, 0.3) is 0 Å². The molecule has 21 heavy (non-hydrogen) atoms. The van der Waals surface area contributed by atoms with Crippen molar-refractivity contribution < 1.29 is 9.66 Å². The second kappa shape index (κ2) is 7.18. The molecule has 1 aromatic heterocycles. The maximum Gasteiger partial charge on any atom is 0.273 e. The highest BCUT2D eigenvalue weighted by atomic mass is 16.6. The Hall–Kier alpha value is -2.70. The highest BCUT2D eigenvalue weighted by Crippen LogP contribution is 2.19. The topological polar surface area (TPSA) is 90.2 Å². The van der Waals surface area contributed by atoms with Crippen LogP contribution in [0.4, 0.5) is 11.5 Å². The summed E-state index contributed by atoms with van der Waals surface area (Å²) in [4.78, 5) is 18.6. The fourth-order valence-corrected chi connectivity index (χ4v) is 1.62. The highest BCUT2D eigenvalue weighted by Gasteiger charge is 2.06. The molecule has 1 aromatic carbocycles. The smallest absolute Gasteiger partial charge is 0.273 e. The number of nitro benzene ring substituents is 1. The van der Waals surface area contributed by atoms with E-state index in [1.165, 1.54) is 12.1 Å². The Morgan fingerprint density at radius 3 is 2.86 bits per heavy atom. The summed E-state index contributed by atoms with van der Waals surface area (Å²) in [5, 5.41) is 13.8. The van der Waals surface area contributed by atoms with Crippen LogP contribution in [-0.2, 0) is 6.61 Å². The number of anilines is 1. The lowest BCUT2D eigenvalue weighted by molar-refractivity contribution is -0.384. The molecule has 2 rings (SSSR count). The number of nitrogens with zero attached hydrogens (tertiary/aromatic N) is 3. The van der Waals surface area contributed by atoms with Gasteiger partial charge in [0.15, 0.2) is 0 Å². The number of non-ortho nitro benzene ring substituents is 1. The van der Waals surface area contributed by atoms with Crippen molar-refractivity contribution in [2.45, 2.75) is 20.0 Å². The van der Waals surface area contributed by atoms with Gasteiger partial charge < -0.3 is 10.1 Å². The number of hydrogen-bond acceptors (Lipinski definition) is 6. The van der Waals surface area contributed by atoms with Crippen molar-refractivity contribution in [1.29, 1.82) is 0 Å². The first kappa shape index (κ1) is 14.7. The van der Waals surface area contributed by atoms with Crippen LogP contribution in [0.3, 0.4) is 0 Å². The maximum absolute atomic E-state index is 10.7. The van der Waals surface area contributed by atoms with E-state index in [0.29, 0.717) is 11.4 Å². The highest BCUT2D eigenvalue weighted by molar-refractivity contribution is 5.38. The van der Waals surface area contributed by atoms with E-state index in [0.717, 1.165) is 18.8 Å². The van der Waals surface area contributed by atoms with Crippen molar-refractivity contribution in [1.82, 2.24) is 9.97 Å². The number of nitro groups is 1. The Bertz CT molecular complexity index is 601. The molecule has 1 N–H and O–H groups in total.